The number of aliphatic hydroxyl groups excluding tert-OH is 1. The van der Waals surface area contributed by atoms with Gasteiger partial charge in [0.15, 0.2) is 11.6 Å². The molecule has 1 aliphatic heterocycles. The fourth-order valence-corrected chi connectivity index (χ4v) is 2.30. The van der Waals surface area contributed by atoms with Crippen molar-refractivity contribution in [2.24, 2.45) is 0 Å². The van der Waals surface area contributed by atoms with Crippen LogP contribution < -0.4 is 4.90 Å². The Balaban J connectivity index is 2.16. The van der Waals surface area contributed by atoms with Crippen LogP contribution in [0.2, 0.25) is 0 Å². The van der Waals surface area contributed by atoms with Crippen molar-refractivity contribution in [2.75, 3.05) is 44.2 Å². The van der Waals surface area contributed by atoms with Crippen LogP contribution in [0, 0.1) is 21.7 Å². The molecule has 0 atom stereocenters. The van der Waals surface area contributed by atoms with Crippen molar-refractivity contribution >= 4 is 11.4 Å². The van der Waals surface area contributed by atoms with Crippen LogP contribution in [0.25, 0.3) is 0 Å². The second-order valence-corrected chi connectivity index (χ2v) is 4.57. The number of anilines is 1. The van der Waals surface area contributed by atoms with Gasteiger partial charge in [-0.25, -0.2) is 8.78 Å². The summed E-state index contributed by atoms with van der Waals surface area (Å²) in [6.45, 7) is 2.55. The molecule has 2 rings (SSSR count). The van der Waals surface area contributed by atoms with Crippen LogP contribution in [0.5, 0.6) is 0 Å². The molecular formula is C12H15F2N3O3. The molecule has 1 aromatic rings. The predicted molar refractivity (Wildman–Crippen MR) is 68.8 cm³/mol. The average Bonchev–Trinajstić information content (AvgIpc) is 2.40. The van der Waals surface area contributed by atoms with E-state index in [9.17, 15) is 18.9 Å². The molecule has 1 N–H and O–H groups in total. The van der Waals surface area contributed by atoms with Crippen molar-refractivity contribution in [1.29, 1.82) is 0 Å². The van der Waals surface area contributed by atoms with Gasteiger partial charge in [-0.2, -0.15) is 0 Å². The first-order valence-electron chi connectivity index (χ1n) is 6.24. The van der Waals surface area contributed by atoms with Crippen molar-refractivity contribution in [1.82, 2.24) is 4.90 Å². The third-order valence-electron chi connectivity index (χ3n) is 3.32. The smallest absolute Gasteiger partial charge is 0.275 e. The van der Waals surface area contributed by atoms with E-state index in [4.69, 9.17) is 5.11 Å². The van der Waals surface area contributed by atoms with Gasteiger partial charge in [0.05, 0.1) is 23.7 Å². The van der Waals surface area contributed by atoms with E-state index in [1.165, 1.54) is 4.90 Å². The standard InChI is InChI=1S/C12H15F2N3O3/c13-10-7-9(17(19)20)8-11(14)12(10)16-3-1-15(2-4-16)5-6-18/h7-8,18H,1-6H2. The third-order valence-corrected chi connectivity index (χ3v) is 3.32. The molecule has 0 aliphatic carbocycles. The summed E-state index contributed by atoms with van der Waals surface area (Å²) >= 11 is 0. The minimum absolute atomic E-state index is 0.0419. The lowest BCUT2D eigenvalue weighted by Crippen LogP contribution is -2.47. The van der Waals surface area contributed by atoms with Crippen molar-refractivity contribution in [3.8, 4) is 0 Å². The van der Waals surface area contributed by atoms with Gasteiger partial charge in [-0.3, -0.25) is 15.0 Å². The molecule has 6 nitrogen and oxygen atoms in total. The molecule has 8 heteroatoms. The van der Waals surface area contributed by atoms with Crippen LogP contribution in [0.4, 0.5) is 20.2 Å². The van der Waals surface area contributed by atoms with Gasteiger partial charge in [-0.05, 0) is 0 Å². The van der Waals surface area contributed by atoms with Gasteiger partial charge in [0.1, 0.15) is 5.69 Å². The molecule has 1 saturated heterocycles. The Morgan fingerprint density at radius 3 is 2.20 bits per heavy atom. The van der Waals surface area contributed by atoms with Gasteiger partial charge in [0.25, 0.3) is 5.69 Å². The zero-order chi connectivity index (χ0) is 14.7. The molecule has 0 bridgehead atoms. The van der Waals surface area contributed by atoms with Crippen molar-refractivity contribution in [3.05, 3.63) is 33.9 Å². The Bertz CT molecular complexity index is 482. The van der Waals surface area contributed by atoms with E-state index < -0.39 is 22.2 Å². The van der Waals surface area contributed by atoms with Crippen LogP contribution in [0.3, 0.4) is 0 Å². The fraction of sp³-hybridized carbons (Fsp3) is 0.500. The van der Waals surface area contributed by atoms with Crippen molar-refractivity contribution < 1.29 is 18.8 Å². The minimum atomic E-state index is -0.924. The number of benzene rings is 1. The maximum atomic E-state index is 13.9. The topological polar surface area (TPSA) is 69.9 Å². The first-order chi connectivity index (χ1) is 9.52. The molecule has 0 saturated carbocycles. The summed E-state index contributed by atoms with van der Waals surface area (Å²) in [5.41, 5.74) is -0.818. The summed E-state index contributed by atoms with van der Waals surface area (Å²) in [6.07, 6.45) is 0. The Hall–Kier alpha value is -1.80. The molecule has 1 aromatic carbocycles. The Morgan fingerprint density at radius 1 is 1.20 bits per heavy atom. The average molecular weight is 287 g/mol. The highest BCUT2D eigenvalue weighted by Gasteiger charge is 2.24. The highest BCUT2D eigenvalue weighted by molar-refractivity contribution is 5.54. The largest absolute Gasteiger partial charge is 0.395 e. The molecule has 0 spiro atoms. The van der Waals surface area contributed by atoms with Gasteiger partial charge < -0.3 is 10.0 Å². The lowest BCUT2D eigenvalue weighted by Gasteiger charge is -2.35. The SMILES string of the molecule is O=[N+]([O-])c1cc(F)c(N2CCN(CCO)CC2)c(F)c1. The molecule has 1 aliphatic rings. The maximum Gasteiger partial charge on any atom is 0.275 e. The minimum Gasteiger partial charge on any atom is -0.395 e. The normalized spacial score (nSPS) is 16.4. The first-order valence-corrected chi connectivity index (χ1v) is 6.24. The second-order valence-electron chi connectivity index (χ2n) is 4.57. The van der Waals surface area contributed by atoms with E-state index in [1.807, 2.05) is 4.90 Å². The maximum absolute atomic E-state index is 13.9. The number of rotatable bonds is 4. The number of β-amino-alcohol motifs (C(OH)–C–C–N with tert-alkyl or cyclic N) is 1. The van der Waals surface area contributed by atoms with Crippen LogP contribution in [0.1, 0.15) is 0 Å². The van der Waals surface area contributed by atoms with E-state index in [0.717, 1.165) is 12.1 Å². The van der Waals surface area contributed by atoms with E-state index in [0.29, 0.717) is 32.7 Å². The highest BCUT2D eigenvalue weighted by atomic mass is 19.1. The summed E-state index contributed by atoms with van der Waals surface area (Å²) in [7, 11) is 0. The molecule has 0 unspecified atom stereocenters. The number of nitro groups is 1. The van der Waals surface area contributed by atoms with Crippen LogP contribution in [-0.2, 0) is 0 Å². The number of hydrogen-bond donors (Lipinski definition) is 1. The van der Waals surface area contributed by atoms with E-state index in [2.05, 4.69) is 0 Å². The zero-order valence-electron chi connectivity index (χ0n) is 10.8. The molecular weight excluding hydrogens is 272 g/mol. The van der Waals surface area contributed by atoms with Gasteiger partial charge >= 0.3 is 0 Å². The number of non-ortho nitro benzene ring substituents is 1. The number of aliphatic hydroxyl groups is 1. The number of halogens is 2. The summed E-state index contributed by atoms with van der Waals surface area (Å²) in [5.74, 6) is -1.85. The molecule has 110 valence electrons. The van der Waals surface area contributed by atoms with E-state index in [-0.39, 0.29) is 12.3 Å². The van der Waals surface area contributed by atoms with Gasteiger partial charge in [-0.1, -0.05) is 0 Å². The number of hydrogen-bond acceptors (Lipinski definition) is 5. The fourth-order valence-electron chi connectivity index (χ4n) is 2.30. The van der Waals surface area contributed by atoms with Gasteiger partial charge in [0, 0.05) is 32.7 Å². The van der Waals surface area contributed by atoms with E-state index >= 15 is 0 Å². The Kier molecular flexibility index (Phi) is 4.46. The number of piperazine rings is 1. The van der Waals surface area contributed by atoms with Crippen molar-refractivity contribution in [3.63, 3.8) is 0 Å². The molecule has 0 amide bonds. The number of nitrogens with zero attached hydrogens (tertiary/aromatic N) is 3. The number of nitro benzene ring substituents is 1. The molecule has 1 heterocycles. The molecule has 0 aromatic heterocycles. The second kappa shape index (κ2) is 6.10. The summed E-state index contributed by atoms with van der Waals surface area (Å²) in [5, 5.41) is 19.4. The Labute approximate surface area is 114 Å². The van der Waals surface area contributed by atoms with Crippen LogP contribution in [-0.4, -0.2) is 54.3 Å². The predicted octanol–water partition coefficient (Wildman–Crippen LogP) is 0.987. The molecule has 1 fully saturated rings. The zero-order valence-corrected chi connectivity index (χ0v) is 10.8. The van der Waals surface area contributed by atoms with Gasteiger partial charge in [-0.15, -0.1) is 0 Å². The lowest BCUT2D eigenvalue weighted by molar-refractivity contribution is -0.385. The summed E-state index contributed by atoms with van der Waals surface area (Å²) in [4.78, 5) is 13.2. The van der Waals surface area contributed by atoms with Crippen molar-refractivity contribution in [2.45, 2.75) is 0 Å². The van der Waals surface area contributed by atoms with Crippen LogP contribution >= 0.6 is 0 Å². The Morgan fingerprint density at radius 2 is 1.75 bits per heavy atom. The first kappa shape index (κ1) is 14.6. The molecule has 20 heavy (non-hydrogen) atoms. The third kappa shape index (κ3) is 3.02. The van der Waals surface area contributed by atoms with Crippen LogP contribution in [0.15, 0.2) is 12.1 Å². The highest BCUT2D eigenvalue weighted by Crippen LogP contribution is 2.28. The van der Waals surface area contributed by atoms with E-state index in [1.54, 1.807) is 0 Å². The summed E-state index contributed by atoms with van der Waals surface area (Å²) < 4.78 is 27.7. The molecule has 0 radical (unpaired) electrons. The lowest BCUT2D eigenvalue weighted by atomic mass is 10.2. The van der Waals surface area contributed by atoms with Gasteiger partial charge in [0.2, 0.25) is 0 Å². The summed E-state index contributed by atoms with van der Waals surface area (Å²) in [6, 6.07) is 1.47. The quantitative estimate of drug-likeness (QED) is 0.660. The monoisotopic (exact) mass is 287 g/mol.